The van der Waals surface area contributed by atoms with Crippen molar-refractivity contribution in [2.75, 3.05) is 26.7 Å². The van der Waals surface area contributed by atoms with Gasteiger partial charge in [-0.25, -0.2) is 4.39 Å². The third kappa shape index (κ3) is 4.36. The zero-order valence-corrected chi connectivity index (χ0v) is 16.3. The summed E-state index contributed by atoms with van der Waals surface area (Å²) in [5.41, 5.74) is -0.863. The van der Waals surface area contributed by atoms with Crippen molar-refractivity contribution in [2.24, 2.45) is 5.41 Å². The zero-order valence-electron chi connectivity index (χ0n) is 16.3. The number of benzene rings is 1. The molecule has 0 bridgehead atoms. The summed E-state index contributed by atoms with van der Waals surface area (Å²) in [4.78, 5) is 28.6. The van der Waals surface area contributed by atoms with Crippen LogP contribution in [0.4, 0.5) is 4.39 Å². The van der Waals surface area contributed by atoms with E-state index in [1.54, 1.807) is 4.90 Å². The Morgan fingerprint density at radius 3 is 2.46 bits per heavy atom. The first-order valence-corrected chi connectivity index (χ1v) is 9.96. The Bertz CT molecular complexity index is 705. The van der Waals surface area contributed by atoms with Gasteiger partial charge in [-0.2, -0.15) is 0 Å². The number of likely N-dealkylation sites (tertiary alicyclic amines) is 1. The molecule has 28 heavy (non-hydrogen) atoms. The maximum Gasteiger partial charge on any atom is 0.314 e. The van der Waals surface area contributed by atoms with Gasteiger partial charge < -0.3 is 15.1 Å². The van der Waals surface area contributed by atoms with E-state index < -0.39 is 23.3 Å². The SMILES string of the molecule is CN(CC(=O)N1CC[C@@H](O)[C@](Cc2ccc(F)cc2)(C(=O)O)C1)C1CCCC1. The van der Waals surface area contributed by atoms with Crippen molar-refractivity contribution in [3.63, 3.8) is 0 Å². The van der Waals surface area contributed by atoms with Crippen LogP contribution in [-0.4, -0.2) is 70.7 Å². The largest absolute Gasteiger partial charge is 0.481 e. The van der Waals surface area contributed by atoms with E-state index >= 15 is 0 Å². The van der Waals surface area contributed by atoms with Gasteiger partial charge in [0.2, 0.25) is 5.91 Å². The number of carboxylic acid groups (broad SMARTS) is 1. The van der Waals surface area contributed by atoms with Crippen LogP contribution in [0.25, 0.3) is 0 Å². The van der Waals surface area contributed by atoms with Crippen molar-refractivity contribution in [1.29, 1.82) is 0 Å². The molecule has 2 aliphatic rings. The first-order valence-electron chi connectivity index (χ1n) is 9.96. The number of hydrogen-bond donors (Lipinski definition) is 2. The molecule has 0 radical (unpaired) electrons. The number of nitrogens with zero attached hydrogens (tertiary/aromatic N) is 2. The number of piperidine rings is 1. The van der Waals surface area contributed by atoms with Crippen LogP contribution in [-0.2, 0) is 16.0 Å². The molecule has 2 atom stereocenters. The van der Waals surface area contributed by atoms with Crippen molar-refractivity contribution in [3.8, 4) is 0 Å². The molecule has 1 aliphatic carbocycles. The number of aliphatic carboxylic acids is 1. The first kappa shape index (κ1) is 20.7. The lowest BCUT2D eigenvalue weighted by Crippen LogP contribution is -2.59. The molecule has 0 aromatic heterocycles. The molecule has 154 valence electrons. The second kappa shape index (κ2) is 8.57. The highest BCUT2D eigenvalue weighted by molar-refractivity contribution is 5.81. The quantitative estimate of drug-likeness (QED) is 0.773. The Morgan fingerprint density at radius 2 is 1.86 bits per heavy atom. The van der Waals surface area contributed by atoms with Gasteiger partial charge >= 0.3 is 5.97 Å². The van der Waals surface area contributed by atoms with E-state index in [9.17, 15) is 24.2 Å². The number of halogens is 1. The predicted octanol–water partition coefficient (Wildman–Crippen LogP) is 1.91. The highest BCUT2D eigenvalue weighted by Crippen LogP contribution is 2.35. The van der Waals surface area contributed by atoms with Gasteiger partial charge in [0.15, 0.2) is 0 Å². The third-order valence-electron chi connectivity index (χ3n) is 6.33. The van der Waals surface area contributed by atoms with Gasteiger partial charge in [0.25, 0.3) is 0 Å². The van der Waals surface area contributed by atoms with E-state index in [2.05, 4.69) is 4.90 Å². The maximum atomic E-state index is 13.2. The van der Waals surface area contributed by atoms with E-state index in [1.165, 1.54) is 37.1 Å². The molecule has 0 unspecified atom stereocenters. The van der Waals surface area contributed by atoms with Crippen LogP contribution in [0.3, 0.4) is 0 Å². The summed E-state index contributed by atoms with van der Waals surface area (Å²) in [6.45, 7) is 0.558. The van der Waals surface area contributed by atoms with Crippen LogP contribution in [0.15, 0.2) is 24.3 Å². The molecule has 2 fully saturated rings. The number of rotatable bonds is 6. The molecule has 6 nitrogen and oxygen atoms in total. The Labute approximate surface area is 164 Å². The number of likely N-dealkylation sites (N-methyl/N-ethyl adjacent to an activating group) is 1. The summed E-state index contributed by atoms with van der Waals surface area (Å²) in [6, 6.07) is 6.02. The van der Waals surface area contributed by atoms with Crippen LogP contribution in [0.1, 0.15) is 37.7 Å². The number of aliphatic hydroxyl groups is 1. The molecule has 1 saturated heterocycles. The van der Waals surface area contributed by atoms with Crippen LogP contribution < -0.4 is 0 Å². The highest BCUT2D eigenvalue weighted by atomic mass is 19.1. The smallest absolute Gasteiger partial charge is 0.314 e. The number of carbonyl (C=O) groups is 2. The third-order valence-corrected chi connectivity index (χ3v) is 6.33. The lowest BCUT2D eigenvalue weighted by atomic mass is 9.73. The van der Waals surface area contributed by atoms with Gasteiger partial charge in [-0.1, -0.05) is 25.0 Å². The van der Waals surface area contributed by atoms with Crippen LogP contribution in [0, 0.1) is 11.2 Å². The minimum Gasteiger partial charge on any atom is -0.481 e. The fraction of sp³-hybridized carbons (Fsp3) is 0.619. The van der Waals surface area contributed by atoms with E-state index in [0.717, 1.165) is 12.8 Å². The van der Waals surface area contributed by atoms with Crippen molar-refractivity contribution in [2.45, 2.75) is 50.7 Å². The molecule has 1 amide bonds. The predicted molar refractivity (Wildman–Crippen MR) is 102 cm³/mol. The highest BCUT2D eigenvalue weighted by Gasteiger charge is 2.50. The summed E-state index contributed by atoms with van der Waals surface area (Å²) in [5, 5.41) is 20.5. The van der Waals surface area contributed by atoms with Gasteiger partial charge in [0.1, 0.15) is 11.2 Å². The normalized spacial score (nSPS) is 26.0. The van der Waals surface area contributed by atoms with E-state index in [-0.39, 0.29) is 31.8 Å². The number of hydrogen-bond acceptors (Lipinski definition) is 4. The standard InChI is InChI=1S/C21H29FN2O4/c1-23(17-4-2-3-5-17)13-19(26)24-11-10-18(25)21(14-24,20(27)28)12-15-6-8-16(22)9-7-15/h6-9,17-18,25H,2-5,10-14H2,1H3,(H,27,28)/t18-,21-/m1/s1. The first-order chi connectivity index (χ1) is 13.3. The summed E-state index contributed by atoms with van der Waals surface area (Å²) < 4.78 is 13.2. The number of carboxylic acids is 1. The fourth-order valence-electron chi connectivity index (χ4n) is 4.51. The Kier molecular flexibility index (Phi) is 6.35. The average Bonchev–Trinajstić information content (AvgIpc) is 3.20. The van der Waals surface area contributed by atoms with E-state index in [0.29, 0.717) is 18.2 Å². The Hall–Kier alpha value is -1.99. The van der Waals surface area contributed by atoms with Crippen LogP contribution >= 0.6 is 0 Å². The van der Waals surface area contributed by atoms with E-state index in [1.807, 2.05) is 7.05 Å². The molecule has 3 rings (SSSR count). The molecule has 1 aromatic carbocycles. The van der Waals surface area contributed by atoms with Gasteiger partial charge in [-0.3, -0.25) is 14.5 Å². The van der Waals surface area contributed by atoms with Crippen molar-refractivity contribution < 1.29 is 24.2 Å². The molecular formula is C21H29FN2O4. The van der Waals surface area contributed by atoms with Gasteiger partial charge in [-0.05, 0) is 50.4 Å². The van der Waals surface area contributed by atoms with Crippen LogP contribution in [0.5, 0.6) is 0 Å². The molecule has 0 spiro atoms. The molecule has 7 heteroatoms. The average molecular weight is 392 g/mol. The fourth-order valence-corrected chi connectivity index (χ4v) is 4.51. The molecule has 2 N–H and O–H groups in total. The van der Waals surface area contributed by atoms with E-state index in [4.69, 9.17) is 0 Å². The summed E-state index contributed by atoms with van der Waals surface area (Å²) >= 11 is 0. The molecule has 1 aromatic rings. The van der Waals surface area contributed by atoms with Gasteiger partial charge in [0, 0.05) is 19.1 Å². The molecule has 1 saturated carbocycles. The van der Waals surface area contributed by atoms with Crippen molar-refractivity contribution in [3.05, 3.63) is 35.6 Å². The minimum absolute atomic E-state index is 0.0434. The maximum absolute atomic E-state index is 13.2. The van der Waals surface area contributed by atoms with Crippen molar-refractivity contribution >= 4 is 11.9 Å². The molecule has 1 aliphatic heterocycles. The van der Waals surface area contributed by atoms with Gasteiger partial charge in [0.05, 0.1) is 12.6 Å². The summed E-state index contributed by atoms with van der Waals surface area (Å²) in [7, 11) is 1.94. The second-order valence-corrected chi connectivity index (χ2v) is 8.24. The molecule has 1 heterocycles. The van der Waals surface area contributed by atoms with Crippen LogP contribution in [0.2, 0.25) is 0 Å². The second-order valence-electron chi connectivity index (χ2n) is 8.24. The number of amides is 1. The van der Waals surface area contributed by atoms with Gasteiger partial charge in [-0.15, -0.1) is 0 Å². The topological polar surface area (TPSA) is 81.1 Å². The Morgan fingerprint density at radius 1 is 1.21 bits per heavy atom. The lowest BCUT2D eigenvalue weighted by Gasteiger charge is -2.44. The minimum atomic E-state index is -1.49. The van der Waals surface area contributed by atoms with Crippen molar-refractivity contribution in [1.82, 2.24) is 9.80 Å². The monoisotopic (exact) mass is 392 g/mol. The summed E-state index contributed by atoms with van der Waals surface area (Å²) in [5.74, 6) is -1.64. The number of aliphatic hydroxyl groups excluding tert-OH is 1. The zero-order chi connectivity index (χ0) is 20.3. The lowest BCUT2D eigenvalue weighted by molar-refractivity contribution is -0.166. The summed E-state index contributed by atoms with van der Waals surface area (Å²) in [6.07, 6.45) is 3.74. The molecular weight excluding hydrogens is 363 g/mol. The number of carbonyl (C=O) groups excluding carboxylic acids is 1. The Balaban J connectivity index is 1.73.